The van der Waals surface area contributed by atoms with E-state index in [9.17, 15) is 4.79 Å². The van der Waals surface area contributed by atoms with Gasteiger partial charge in [-0.05, 0) is 6.92 Å². The summed E-state index contributed by atoms with van der Waals surface area (Å²) in [6.07, 6.45) is 0.281. The number of hydrogen-bond donors (Lipinski definition) is 3. The van der Waals surface area contributed by atoms with Gasteiger partial charge in [0.25, 0.3) is 0 Å². The van der Waals surface area contributed by atoms with Gasteiger partial charge in [0.15, 0.2) is 0 Å². The molecule has 0 fully saturated rings. The highest BCUT2D eigenvalue weighted by atomic mass is 16.1. The summed E-state index contributed by atoms with van der Waals surface area (Å²) in [5.41, 5.74) is 12.1. The van der Waals surface area contributed by atoms with E-state index in [1.54, 1.807) is 11.7 Å². The number of nitrogens with two attached hydrogens (primary N) is 2. The number of carbonyl (C=O) groups excluding carboxylic acids is 1. The minimum atomic E-state index is -0.338. The van der Waals surface area contributed by atoms with Gasteiger partial charge in [0.2, 0.25) is 5.91 Å². The molecule has 14 heavy (non-hydrogen) atoms. The molecule has 1 rings (SSSR count). The molecule has 0 spiro atoms. The zero-order chi connectivity index (χ0) is 10.7. The van der Waals surface area contributed by atoms with Crippen molar-refractivity contribution in [1.29, 1.82) is 0 Å². The van der Waals surface area contributed by atoms with E-state index in [2.05, 4.69) is 10.4 Å². The number of rotatable bonds is 4. The SMILES string of the molecule is Cc1nn(C)c(NCCC(N)=O)c1N. The van der Waals surface area contributed by atoms with Crippen LogP contribution in [0.2, 0.25) is 0 Å². The van der Waals surface area contributed by atoms with Crippen molar-refractivity contribution in [2.75, 3.05) is 17.6 Å². The molecule has 0 aliphatic rings. The molecule has 6 nitrogen and oxygen atoms in total. The Balaban J connectivity index is 2.62. The Morgan fingerprint density at radius 2 is 2.29 bits per heavy atom. The summed E-state index contributed by atoms with van der Waals surface area (Å²) in [6, 6.07) is 0. The minimum Gasteiger partial charge on any atom is -0.394 e. The lowest BCUT2D eigenvalue weighted by Gasteiger charge is -2.05. The van der Waals surface area contributed by atoms with E-state index < -0.39 is 0 Å². The maximum absolute atomic E-state index is 10.5. The molecule has 0 saturated carbocycles. The fourth-order valence-electron chi connectivity index (χ4n) is 1.19. The quantitative estimate of drug-likeness (QED) is 0.611. The largest absolute Gasteiger partial charge is 0.394 e. The van der Waals surface area contributed by atoms with Crippen LogP contribution >= 0.6 is 0 Å². The van der Waals surface area contributed by atoms with Crippen LogP contribution in [0.5, 0.6) is 0 Å². The topological polar surface area (TPSA) is 99.0 Å². The Bertz CT molecular complexity index is 344. The fourth-order valence-corrected chi connectivity index (χ4v) is 1.19. The van der Waals surface area contributed by atoms with Crippen molar-refractivity contribution >= 4 is 17.4 Å². The van der Waals surface area contributed by atoms with Gasteiger partial charge in [0, 0.05) is 20.0 Å². The number of aryl methyl sites for hydroxylation is 2. The summed E-state index contributed by atoms with van der Waals surface area (Å²) < 4.78 is 1.64. The molecular formula is C8H15N5O. The number of nitrogens with zero attached hydrogens (tertiary/aromatic N) is 2. The van der Waals surface area contributed by atoms with E-state index in [1.807, 2.05) is 6.92 Å². The first kappa shape index (κ1) is 10.4. The standard InChI is InChI=1S/C8H15N5O/c1-5-7(10)8(13(2)12-5)11-4-3-6(9)14/h11H,3-4,10H2,1-2H3,(H2,9,14). The van der Waals surface area contributed by atoms with Crippen molar-refractivity contribution in [2.24, 2.45) is 12.8 Å². The monoisotopic (exact) mass is 197 g/mol. The number of nitrogens with one attached hydrogen (secondary N) is 1. The Hall–Kier alpha value is -1.72. The van der Waals surface area contributed by atoms with Crippen LogP contribution in [-0.4, -0.2) is 22.2 Å². The van der Waals surface area contributed by atoms with Gasteiger partial charge in [0.05, 0.1) is 11.4 Å². The lowest BCUT2D eigenvalue weighted by molar-refractivity contribution is -0.117. The molecule has 6 heteroatoms. The van der Waals surface area contributed by atoms with Crippen molar-refractivity contribution in [3.8, 4) is 0 Å². The van der Waals surface area contributed by atoms with E-state index in [4.69, 9.17) is 11.5 Å². The molecule has 0 saturated heterocycles. The third-order valence-corrected chi connectivity index (χ3v) is 1.93. The zero-order valence-electron chi connectivity index (χ0n) is 8.37. The second kappa shape index (κ2) is 3.99. The minimum absolute atomic E-state index is 0.281. The summed E-state index contributed by atoms with van der Waals surface area (Å²) in [6.45, 7) is 2.30. The van der Waals surface area contributed by atoms with Crippen LogP contribution in [0.25, 0.3) is 0 Å². The van der Waals surface area contributed by atoms with Gasteiger partial charge in [0.1, 0.15) is 5.82 Å². The van der Waals surface area contributed by atoms with E-state index in [0.29, 0.717) is 12.2 Å². The van der Waals surface area contributed by atoms with Gasteiger partial charge in [-0.2, -0.15) is 5.10 Å². The van der Waals surface area contributed by atoms with E-state index in [0.717, 1.165) is 11.5 Å². The Kier molecular flexibility index (Phi) is 2.95. The average Bonchev–Trinajstić information content (AvgIpc) is 2.31. The van der Waals surface area contributed by atoms with Crippen LogP contribution in [0, 0.1) is 6.92 Å². The van der Waals surface area contributed by atoms with Crippen molar-refractivity contribution in [3.63, 3.8) is 0 Å². The van der Waals surface area contributed by atoms with Gasteiger partial charge in [-0.25, -0.2) is 0 Å². The smallest absolute Gasteiger partial charge is 0.219 e. The first-order chi connectivity index (χ1) is 6.52. The normalized spacial score (nSPS) is 10.1. The van der Waals surface area contributed by atoms with Gasteiger partial charge in [-0.15, -0.1) is 0 Å². The predicted octanol–water partition coefficient (Wildman–Crippen LogP) is -0.402. The molecule has 0 aliphatic heterocycles. The molecule has 5 N–H and O–H groups in total. The first-order valence-corrected chi connectivity index (χ1v) is 4.33. The Morgan fingerprint density at radius 1 is 1.64 bits per heavy atom. The number of hydrogen-bond acceptors (Lipinski definition) is 4. The average molecular weight is 197 g/mol. The van der Waals surface area contributed by atoms with Crippen LogP contribution in [-0.2, 0) is 11.8 Å². The maximum Gasteiger partial charge on any atom is 0.219 e. The number of amides is 1. The lowest BCUT2D eigenvalue weighted by Crippen LogP contribution is -2.17. The van der Waals surface area contributed by atoms with Crippen LogP contribution < -0.4 is 16.8 Å². The Morgan fingerprint density at radius 3 is 2.71 bits per heavy atom. The molecule has 1 heterocycles. The Labute approximate surface area is 82.3 Å². The molecule has 1 aromatic rings. The summed E-state index contributed by atoms with van der Waals surface area (Å²) in [5, 5.41) is 7.13. The molecule has 0 atom stereocenters. The highest BCUT2D eigenvalue weighted by Crippen LogP contribution is 2.20. The predicted molar refractivity (Wildman–Crippen MR) is 54.7 cm³/mol. The number of primary amides is 1. The van der Waals surface area contributed by atoms with Crippen molar-refractivity contribution < 1.29 is 4.79 Å². The molecule has 0 aliphatic carbocycles. The zero-order valence-corrected chi connectivity index (χ0v) is 8.37. The lowest BCUT2D eigenvalue weighted by atomic mass is 10.3. The molecule has 0 radical (unpaired) electrons. The van der Waals surface area contributed by atoms with E-state index in [-0.39, 0.29) is 12.3 Å². The molecule has 0 aromatic carbocycles. The maximum atomic E-state index is 10.5. The van der Waals surface area contributed by atoms with Crippen molar-refractivity contribution in [2.45, 2.75) is 13.3 Å². The second-order valence-corrected chi connectivity index (χ2v) is 3.11. The number of nitrogen functional groups attached to an aromatic ring is 1. The van der Waals surface area contributed by atoms with Crippen molar-refractivity contribution in [1.82, 2.24) is 9.78 Å². The highest BCUT2D eigenvalue weighted by Gasteiger charge is 2.08. The van der Waals surface area contributed by atoms with Gasteiger partial charge >= 0.3 is 0 Å². The van der Waals surface area contributed by atoms with Crippen LogP contribution in [0.4, 0.5) is 11.5 Å². The van der Waals surface area contributed by atoms with Crippen LogP contribution in [0.1, 0.15) is 12.1 Å². The molecular weight excluding hydrogens is 182 g/mol. The molecule has 1 amide bonds. The third-order valence-electron chi connectivity index (χ3n) is 1.93. The number of aromatic nitrogens is 2. The van der Waals surface area contributed by atoms with Gasteiger partial charge in [-0.3, -0.25) is 9.48 Å². The first-order valence-electron chi connectivity index (χ1n) is 4.33. The summed E-state index contributed by atoms with van der Waals surface area (Å²) >= 11 is 0. The summed E-state index contributed by atoms with van der Waals surface area (Å²) in [5.74, 6) is 0.388. The van der Waals surface area contributed by atoms with Gasteiger partial charge in [-0.1, -0.05) is 0 Å². The van der Waals surface area contributed by atoms with E-state index in [1.165, 1.54) is 0 Å². The summed E-state index contributed by atoms with van der Waals surface area (Å²) in [4.78, 5) is 10.5. The molecule has 0 unspecified atom stereocenters. The van der Waals surface area contributed by atoms with Crippen LogP contribution in [0.15, 0.2) is 0 Å². The highest BCUT2D eigenvalue weighted by molar-refractivity contribution is 5.74. The van der Waals surface area contributed by atoms with Crippen LogP contribution in [0.3, 0.4) is 0 Å². The third kappa shape index (κ3) is 2.15. The van der Waals surface area contributed by atoms with Gasteiger partial charge < -0.3 is 16.8 Å². The number of carbonyl (C=O) groups is 1. The number of anilines is 2. The van der Waals surface area contributed by atoms with E-state index >= 15 is 0 Å². The summed E-state index contributed by atoms with van der Waals surface area (Å²) in [7, 11) is 1.79. The molecule has 78 valence electrons. The second-order valence-electron chi connectivity index (χ2n) is 3.11. The molecule has 1 aromatic heterocycles. The molecule has 0 bridgehead atoms. The van der Waals surface area contributed by atoms with Crippen molar-refractivity contribution in [3.05, 3.63) is 5.69 Å². The fraction of sp³-hybridized carbons (Fsp3) is 0.500.